The highest BCUT2D eigenvalue weighted by molar-refractivity contribution is 6.19. The van der Waals surface area contributed by atoms with E-state index in [9.17, 15) is 0 Å². The van der Waals surface area contributed by atoms with Crippen LogP contribution in [0.1, 0.15) is 16.7 Å². The number of allylic oxidation sites excluding steroid dienone is 5. The molecular formula is C23H23N2+. The third kappa shape index (κ3) is 2.45. The fourth-order valence-corrected chi connectivity index (χ4v) is 3.70. The van der Waals surface area contributed by atoms with E-state index in [4.69, 9.17) is 0 Å². The van der Waals surface area contributed by atoms with Crippen LogP contribution < -0.4 is 4.90 Å². The van der Waals surface area contributed by atoms with Crippen molar-refractivity contribution in [3.63, 3.8) is 0 Å². The lowest BCUT2D eigenvalue weighted by Gasteiger charge is -2.19. The molecule has 0 atom stereocenters. The van der Waals surface area contributed by atoms with Crippen LogP contribution in [0.5, 0.6) is 0 Å². The Morgan fingerprint density at radius 3 is 2.28 bits per heavy atom. The van der Waals surface area contributed by atoms with E-state index in [1.165, 1.54) is 44.8 Å². The van der Waals surface area contributed by atoms with Crippen LogP contribution >= 0.6 is 0 Å². The van der Waals surface area contributed by atoms with Crippen LogP contribution in [0.25, 0.3) is 11.1 Å². The number of rotatable bonds is 2. The number of hydrogen-bond donors (Lipinski definition) is 0. The van der Waals surface area contributed by atoms with Gasteiger partial charge in [0.1, 0.15) is 14.1 Å². The van der Waals surface area contributed by atoms with E-state index in [1.54, 1.807) is 0 Å². The summed E-state index contributed by atoms with van der Waals surface area (Å²) in [6, 6.07) is 17.3. The monoisotopic (exact) mass is 327 g/mol. The molecule has 0 fully saturated rings. The summed E-state index contributed by atoms with van der Waals surface area (Å²) >= 11 is 0. The van der Waals surface area contributed by atoms with Crippen molar-refractivity contribution in [2.75, 3.05) is 33.1 Å². The summed E-state index contributed by atoms with van der Waals surface area (Å²) < 4.78 is 2.17. The Kier molecular flexibility index (Phi) is 3.69. The fourth-order valence-electron chi connectivity index (χ4n) is 3.70. The summed E-state index contributed by atoms with van der Waals surface area (Å²) in [6.45, 7) is 0. The molecule has 0 radical (unpaired) electrons. The minimum absolute atomic E-state index is 1.23. The molecule has 2 aromatic rings. The molecule has 2 aliphatic carbocycles. The average Bonchev–Trinajstić information content (AvgIpc) is 2.95. The molecule has 4 rings (SSSR count). The number of hydrogen-bond acceptors (Lipinski definition) is 1. The maximum absolute atomic E-state index is 2.32. The highest BCUT2D eigenvalue weighted by Gasteiger charge is 2.31. The first-order valence-electron chi connectivity index (χ1n) is 8.63. The van der Waals surface area contributed by atoms with Gasteiger partial charge in [0.15, 0.2) is 5.71 Å². The second-order valence-corrected chi connectivity index (χ2v) is 6.96. The van der Waals surface area contributed by atoms with E-state index >= 15 is 0 Å². The lowest BCUT2D eigenvalue weighted by molar-refractivity contribution is -0.462. The van der Waals surface area contributed by atoms with Crippen LogP contribution in [-0.4, -0.2) is 38.5 Å². The van der Waals surface area contributed by atoms with Crippen molar-refractivity contribution in [2.45, 2.75) is 0 Å². The summed E-state index contributed by atoms with van der Waals surface area (Å²) in [5.74, 6) is 0. The van der Waals surface area contributed by atoms with Gasteiger partial charge in [0.25, 0.3) is 0 Å². The van der Waals surface area contributed by atoms with Crippen molar-refractivity contribution < 1.29 is 4.58 Å². The quantitative estimate of drug-likeness (QED) is 0.748. The third-order valence-electron chi connectivity index (χ3n) is 4.91. The molecular weight excluding hydrogens is 304 g/mol. The van der Waals surface area contributed by atoms with Gasteiger partial charge in [-0.05, 0) is 40.0 Å². The molecule has 0 bridgehead atoms. The van der Waals surface area contributed by atoms with E-state index in [1.807, 2.05) is 0 Å². The lowest BCUT2D eigenvalue weighted by atomic mass is 9.94. The predicted molar refractivity (Wildman–Crippen MR) is 107 cm³/mol. The summed E-state index contributed by atoms with van der Waals surface area (Å²) in [6.07, 6.45) is 6.80. The molecule has 0 aromatic heterocycles. The standard InChI is InChI=1S/C23H23N2/c1-24(2)17-13-14-18-20(15-17)23-19(11-8-12-21(23)25(3)4)22(18)16-9-6-5-7-10-16/h5-15H,1-4H3/q+1. The Balaban J connectivity index is 2.06. The second kappa shape index (κ2) is 5.89. The van der Waals surface area contributed by atoms with Gasteiger partial charge in [-0.25, -0.2) is 4.58 Å². The van der Waals surface area contributed by atoms with Crippen molar-refractivity contribution in [2.24, 2.45) is 0 Å². The predicted octanol–water partition coefficient (Wildman–Crippen LogP) is 4.23. The van der Waals surface area contributed by atoms with Crippen LogP contribution in [0.3, 0.4) is 0 Å². The molecule has 0 aliphatic heterocycles. The molecule has 25 heavy (non-hydrogen) atoms. The lowest BCUT2D eigenvalue weighted by Crippen LogP contribution is -2.13. The molecule has 2 nitrogen and oxygen atoms in total. The van der Waals surface area contributed by atoms with Crippen LogP contribution in [0.4, 0.5) is 5.69 Å². The molecule has 0 N–H and O–H groups in total. The molecule has 0 spiro atoms. The maximum Gasteiger partial charge on any atom is 0.200 e. The van der Waals surface area contributed by atoms with Crippen molar-refractivity contribution in [1.29, 1.82) is 0 Å². The number of benzene rings is 2. The molecule has 0 unspecified atom stereocenters. The van der Waals surface area contributed by atoms with Crippen molar-refractivity contribution in [3.05, 3.63) is 89.0 Å². The minimum Gasteiger partial charge on any atom is -0.377 e. The minimum atomic E-state index is 1.23. The Labute approximate surface area is 149 Å². The summed E-state index contributed by atoms with van der Waals surface area (Å²) in [5, 5.41) is 0. The Morgan fingerprint density at radius 2 is 1.60 bits per heavy atom. The van der Waals surface area contributed by atoms with Gasteiger partial charge in [-0.15, -0.1) is 0 Å². The van der Waals surface area contributed by atoms with E-state index < -0.39 is 0 Å². The first-order chi connectivity index (χ1) is 12.1. The Bertz CT molecular complexity index is 966. The molecule has 0 heterocycles. The highest BCUT2D eigenvalue weighted by Crippen LogP contribution is 2.49. The van der Waals surface area contributed by atoms with Crippen molar-refractivity contribution in [1.82, 2.24) is 0 Å². The zero-order valence-electron chi connectivity index (χ0n) is 15.2. The number of nitrogens with zero attached hydrogens (tertiary/aromatic N) is 2. The van der Waals surface area contributed by atoms with E-state index in [0.29, 0.717) is 0 Å². The normalized spacial score (nSPS) is 15.0. The molecule has 0 amide bonds. The Morgan fingerprint density at radius 1 is 0.840 bits per heavy atom. The molecule has 0 saturated carbocycles. The highest BCUT2D eigenvalue weighted by atomic mass is 15.1. The fraction of sp³-hybridized carbons (Fsp3) is 0.174. The van der Waals surface area contributed by atoms with Crippen LogP contribution in [0.2, 0.25) is 0 Å². The van der Waals surface area contributed by atoms with Crippen LogP contribution in [0.15, 0.2) is 72.3 Å². The summed E-state index contributed by atoms with van der Waals surface area (Å²) in [5.41, 5.74) is 10.4. The third-order valence-corrected chi connectivity index (χ3v) is 4.91. The Hall–Kier alpha value is -2.87. The number of fused-ring (bicyclic) bond motifs is 3. The van der Waals surface area contributed by atoms with Gasteiger partial charge in [0.05, 0.1) is 0 Å². The molecule has 124 valence electrons. The molecule has 2 aliphatic rings. The first kappa shape index (κ1) is 15.6. The van der Waals surface area contributed by atoms with Gasteiger partial charge in [0, 0.05) is 37.5 Å². The summed E-state index contributed by atoms with van der Waals surface area (Å²) in [4.78, 5) is 2.21. The van der Waals surface area contributed by atoms with Gasteiger partial charge in [-0.2, -0.15) is 0 Å². The topological polar surface area (TPSA) is 6.25 Å². The van der Waals surface area contributed by atoms with Gasteiger partial charge < -0.3 is 4.90 Å². The van der Waals surface area contributed by atoms with E-state index in [2.05, 4.69) is 104 Å². The maximum atomic E-state index is 2.32. The smallest absolute Gasteiger partial charge is 0.200 e. The van der Waals surface area contributed by atoms with Crippen molar-refractivity contribution >= 4 is 22.5 Å². The molecule has 2 aromatic carbocycles. The first-order valence-corrected chi connectivity index (χ1v) is 8.63. The average molecular weight is 327 g/mol. The van der Waals surface area contributed by atoms with Gasteiger partial charge >= 0.3 is 0 Å². The zero-order chi connectivity index (χ0) is 17.6. The molecule has 2 heteroatoms. The second-order valence-electron chi connectivity index (χ2n) is 6.96. The number of anilines is 1. The van der Waals surface area contributed by atoms with E-state index in [-0.39, 0.29) is 0 Å². The van der Waals surface area contributed by atoms with Crippen molar-refractivity contribution in [3.8, 4) is 0 Å². The largest absolute Gasteiger partial charge is 0.377 e. The molecule has 0 saturated heterocycles. The SMILES string of the molecule is CN(C)c1cccc2c1C1=CC(=[N+](C)C)C=CC1=C2c1ccccc1. The van der Waals surface area contributed by atoms with Crippen LogP contribution in [-0.2, 0) is 0 Å². The van der Waals surface area contributed by atoms with Gasteiger partial charge in [0.2, 0.25) is 0 Å². The van der Waals surface area contributed by atoms with Gasteiger partial charge in [-0.1, -0.05) is 42.5 Å². The van der Waals surface area contributed by atoms with Gasteiger partial charge in [-0.3, -0.25) is 0 Å². The summed E-state index contributed by atoms with van der Waals surface area (Å²) in [7, 11) is 8.42. The van der Waals surface area contributed by atoms with Crippen LogP contribution in [0, 0.1) is 0 Å². The zero-order valence-corrected chi connectivity index (χ0v) is 15.2. The van der Waals surface area contributed by atoms with E-state index in [0.717, 1.165) is 0 Å².